The zero-order valence-electron chi connectivity index (χ0n) is 33.5. The zero-order chi connectivity index (χ0) is 40.6. The van der Waals surface area contributed by atoms with Crippen LogP contribution in [0.4, 0.5) is 0 Å². The smallest absolute Gasteiger partial charge is 0.167 e. The number of phenols is 2. The number of methoxy groups -OCH3 is 1. The third-order valence-electron chi connectivity index (χ3n) is 10.3. The van der Waals surface area contributed by atoms with Gasteiger partial charge in [0.15, 0.2) is 17.5 Å². The van der Waals surface area contributed by atoms with E-state index in [4.69, 9.17) is 14.2 Å². The van der Waals surface area contributed by atoms with Crippen molar-refractivity contribution in [3.05, 3.63) is 66.2 Å². The molecule has 0 bridgehead atoms. The largest absolute Gasteiger partial charge is 0.507 e. The first-order valence-corrected chi connectivity index (χ1v) is 20.0. The Labute approximate surface area is 331 Å². The van der Waals surface area contributed by atoms with Gasteiger partial charge in [0, 0.05) is 24.7 Å². The fourth-order valence-electron chi connectivity index (χ4n) is 6.63. The highest BCUT2D eigenvalue weighted by Gasteiger charge is 2.27. The van der Waals surface area contributed by atoms with Crippen molar-refractivity contribution in [2.45, 2.75) is 110 Å². The third-order valence-corrected chi connectivity index (χ3v) is 10.3. The summed E-state index contributed by atoms with van der Waals surface area (Å²) in [7, 11) is 1.57. The van der Waals surface area contributed by atoms with Crippen LogP contribution in [0, 0.1) is 11.8 Å². The number of aromatic hydroxyl groups is 2. The molecule has 12 heteroatoms. The van der Waals surface area contributed by atoms with Crippen LogP contribution in [-0.4, -0.2) is 90.8 Å². The van der Waals surface area contributed by atoms with Gasteiger partial charge in [0.1, 0.15) is 41.8 Å². The van der Waals surface area contributed by atoms with Crippen LogP contribution in [0.5, 0.6) is 23.0 Å². The average molecular weight is 776 g/mol. The lowest BCUT2D eigenvalue weighted by Gasteiger charge is -2.26. The number of hydrogen-bond donors (Lipinski definition) is 6. The average Bonchev–Trinajstić information content (AvgIpc) is 3.21. The Morgan fingerprint density at radius 2 is 1.23 bits per heavy atom. The Balaban J connectivity index is 1.56. The highest BCUT2D eigenvalue weighted by molar-refractivity contribution is 5.72. The molecular formula is C44H61N3O9. The Morgan fingerprint density at radius 1 is 0.625 bits per heavy atom. The molecule has 0 fully saturated rings. The lowest BCUT2D eigenvalue weighted by atomic mass is 9.88. The van der Waals surface area contributed by atoms with E-state index in [1.807, 2.05) is 6.92 Å². The van der Waals surface area contributed by atoms with Crippen LogP contribution in [0.1, 0.15) is 97.1 Å². The van der Waals surface area contributed by atoms with E-state index in [2.05, 4.69) is 35.7 Å². The molecule has 0 amide bonds. The second kappa shape index (κ2) is 22.4. The first-order valence-electron chi connectivity index (χ1n) is 20.0. The molecule has 0 aliphatic rings. The van der Waals surface area contributed by atoms with E-state index in [0.29, 0.717) is 29.6 Å². The molecule has 0 radical (unpaired) electrons. The van der Waals surface area contributed by atoms with Gasteiger partial charge in [-0.1, -0.05) is 72.3 Å². The monoisotopic (exact) mass is 775 g/mol. The van der Waals surface area contributed by atoms with Crippen LogP contribution in [-0.2, 0) is 4.74 Å². The number of aliphatic hydroxyl groups excluding tert-OH is 4. The van der Waals surface area contributed by atoms with Crippen molar-refractivity contribution < 1.29 is 44.8 Å². The van der Waals surface area contributed by atoms with E-state index >= 15 is 0 Å². The van der Waals surface area contributed by atoms with E-state index in [1.54, 1.807) is 55.6 Å². The zero-order valence-corrected chi connectivity index (χ0v) is 33.5. The quantitative estimate of drug-likeness (QED) is 0.0409. The van der Waals surface area contributed by atoms with Crippen LogP contribution in [0.3, 0.4) is 0 Å². The van der Waals surface area contributed by atoms with E-state index < -0.39 is 24.4 Å². The molecule has 0 aliphatic heterocycles. The van der Waals surface area contributed by atoms with Crippen LogP contribution in [0.15, 0.2) is 60.7 Å². The van der Waals surface area contributed by atoms with Crippen LogP contribution in [0.2, 0.25) is 0 Å². The van der Waals surface area contributed by atoms with Crippen molar-refractivity contribution >= 4 is 0 Å². The molecule has 0 spiro atoms. The van der Waals surface area contributed by atoms with Crippen molar-refractivity contribution in [3.63, 3.8) is 0 Å². The van der Waals surface area contributed by atoms with Gasteiger partial charge < -0.3 is 44.8 Å². The molecule has 6 atom stereocenters. The van der Waals surface area contributed by atoms with Crippen molar-refractivity contribution in [3.8, 4) is 57.2 Å². The highest BCUT2D eigenvalue weighted by Crippen LogP contribution is 2.36. The third kappa shape index (κ3) is 12.6. The lowest BCUT2D eigenvalue weighted by molar-refractivity contribution is -0.0278. The predicted octanol–water partition coefficient (Wildman–Crippen LogP) is 7.63. The molecule has 6 N–H and O–H groups in total. The molecule has 12 nitrogen and oxygen atoms in total. The van der Waals surface area contributed by atoms with Gasteiger partial charge in [-0.25, -0.2) is 15.0 Å². The number of phenolic OH excluding ortho intramolecular Hbond substituents is 2. The summed E-state index contributed by atoms with van der Waals surface area (Å²) in [6.07, 6.45) is 3.77. The number of ether oxygens (including phenoxy) is 3. The van der Waals surface area contributed by atoms with Gasteiger partial charge in [0.2, 0.25) is 0 Å². The van der Waals surface area contributed by atoms with Crippen molar-refractivity contribution in [1.29, 1.82) is 0 Å². The van der Waals surface area contributed by atoms with Crippen LogP contribution >= 0.6 is 0 Å². The molecule has 0 aliphatic carbocycles. The number of unbranched alkanes of at least 4 members (excludes halogenated alkanes) is 2. The number of nitrogens with zero attached hydrogens (tertiary/aromatic N) is 3. The number of aromatic nitrogens is 3. The minimum absolute atomic E-state index is 0.00507. The maximum absolute atomic E-state index is 11.2. The molecule has 0 saturated heterocycles. The minimum Gasteiger partial charge on any atom is -0.507 e. The Bertz CT molecular complexity index is 1770. The van der Waals surface area contributed by atoms with Crippen molar-refractivity contribution in [2.75, 3.05) is 26.9 Å². The fourth-order valence-corrected chi connectivity index (χ4v) is 6.63. The van der Waals surface area contributed by atoms with Gasteiger partial charge in [0.25, 0.3) is 0 Å². The Hall–Kier alpha value is -4.33. The van der Waals surface area contributed by atoms with E-state index in [-0.39, 0.29) is 71.2 Å². The summed E-state index contributed by atoms with van der Waals surface area (Å²) >= 11 is 0. The molecule has 56 heavy (non-hydrogen) atoms. The molecule has 6 unspecified atom stereocenters. The SMILES string of the molecule is CCCCC(CC)COCC(O)COc1ccc(-c2nc(-c3ccc(OC)cc3)nc(-c3ccc(C(O)C(O)CC(O)C(CC)CCCC)cc3O)n2)c(O)c1. The molecule has 1 aromatic heterocycles. The maximum atomic E-state index is 11.2. The summed E-state index contributed by atoms with van der Waals surface area (Å²) in [6, 6.07) is 16.2. The molecule has 4 rings (SSSR count). The van der Waals surface area contributed by atoms with Gasteiger partial charge in [-0.15, -0.1) is 0 Å². The number of aliphatic hydroxyl groups is 4. The van der Waals surface area contributed by atoms with Crippen molar-refractivity contribution in [1.82, 2.24) is 15.0 Å². The molecule has 306 valence electrons. The minimum atomic E-state index is -1.35. The van der Waals surface area contributed by atoms with E-state index in [1.165, 1.54) is 12.1 Å². The summed E-state index contributed by atoms with van der Waals surface area (Å²) < 4.78 is 16.8. The lowest BCUT2D eigenvalue weighted by Crippen LogP contribution is -2.29. The Kier molecular flexibility index (Phi) is 17.8. The summed E-state index contributed by atoms with van der Waals surface area (Å²) in [5, 5.41) is 65.5. The van der Waals surface area contributed by atoms with Gasteiger partial charge in [-0.3, -0.25) is 0 Å². The number of benzene rings is 3. The topological polar surface area (TPSA) is 188 Å². The first-order chi connectivity index (χ1) is 27.0. The van der Waals surface area contributed by atoms with Gasteiger partial charge >= 0.3 is 0 Å². The number of rotatable bonds is 24. The molecule has 3 aromatic carbocycles. The van der Waals surface area contributed by atoms with Gasteiger partial charge in [-0.05, 0) is 78.8 Å². The van der Waals surface area contributed by atoms with Crippen molar-refractivity contribution in [2.24, 2.45) is 11.8 Å². The first kappa shape index (κ1) is 44.4. The second-order valence-electron chi connectivity index (χ2n) is 14.5. The number of hydrogen-bond acceptors (Lipinski definition) is 12. The Morgan fingerprint density at radius 3 is 1.82 bits per heavy atom. The summed E-state index contributed by atoms with van der Waals surface area (Å²) in [5.74, 6) is 1.50. The predicted molar refractivity (Wildman–Crippen MR) is 217 cm³/mol. The molecule has 0 saturated carbocycles. The highest BCUT2D eigenvalue weighted by atomic mass is 16.5. The molecule has 1 heterocycles. The summed E-state index contributed by atoms with van der Waals surface area (Å²) in [4.78, 5) is 13.9. The summed E-state index contributed by atoms with van der Waals surface area (Å²) in [5.41, 5.74) is 1.39. The fraction of sp³-hybridized carbons (Fsp3) is 0.523. The molecular weight excluding hydrogens is 714 g/mol. The second-order valence-corrected chi connectivity index (χ2v) is 14.5. The summed E-state index contributed by atoms with van der Waals surface area (Å²) in [6.45, 7) is 9.11. The van der Waals surface area contributed by atoms with E-state index in [9.17, 15) is 30.6 Å². The van der Waals surface area contributed by atoms with Gasteiger partial charge in [0.05, 0.1) is 37.1 Å². The van der Waals surface area contributed by atoms with Crippen LogP contribution in [0.25, 0.3) is 34.2 Å². The maximum Gasteiger partial charge on any atom is 0.167 e. The normalized spacial score (nSPS) is 14.8. The molecule has 4 aromatic rings. The van der Waals surface area contributed by atoms with Crippen LogP contribution < -0.4 is 9.47 Å². The van der Waals surface area contributed by atoms with Gasteiger partial charge in [-0.2, -0.15) is 0 Å². The standard InChI is InChI=1S/C44H61N3O9/c1-6-10-12-28(8-3)25-55-26-32(48)27-56-34-19-21-36(39(51)23-34)44-46-42(30-14-17-33(54-5)18-15-30)45-43(47-44)35-20-16-31(22-38(35)50)41(53)40(52)24-37(49)29(9-4)13-11-7-2/h14-23,28-29,32,37,40-41,48-53H,6-13,24-27H2,1-5H3. The van der Waals surface area contributed by atoms with E-state index in [0.717, 1.165) is 51.4 Å².